The van der Waals surface area contributed by atoms with Crippen LogP contribution >= 0.6 is 0 Å². The van der Waals surface area contributed by atoms with E-state index in [-0.39, 0.29) is 5.75 Å². The molecule has 0 saturated carbocycles. The standard InChI is InChI=1S/C17H21F2N3O3/c1-2-12-7-11(5-6-23-12)8-16-21-17(22-25-16)14-4-3-13(9-20-14)24-10-15(18)19/h3-4,9,11-12,15H,2,5-8,10H2,1H3. The van der Waals surface area contributed by atoms with Crippen LogP contribution in [0, 0.1) is 5.92 Å². The molecule has 0 amide bonds. The van der Waals surface area contributed by atoms with E-state index in [9.17, 15) is 8.78 Å². The van der Waals surface area contributed by atoms with E-state index in [1.807, 2.05) is 0 Å². The third-order valence-electron chi connectivity index (χ3n) is 4.20. The second-order valence-electron chi connectivity index (χ2n) is 6.09. The first-order valence-electron chi connectivity index (χ1n) is 8.45. The Labute approximate surface area is 144 Å². The first kappa shape index (κ1) is 17.7. The average Bonchev–Trinajstić information content (AvgIpc) is 3.09. The van der Waals surface area contributed by atoms with Crippen molar-refractivity contribution >= 4 is 0 Å². The molecule has 8 heteroatoms. The summed E-state index contributed by atoms with van der Waals surface area (Å²) < 4.78 is 40.1. The number of alkyl halides is 2. The van der Waals surface area contributed by atoms with Gasteiger partial charge in [-0.2, -0.15) is 4.98 Å². The van der Waals surface area contributed by atoms with Gasteiger partial charge in [0.1, 0.15) is 18.1 Å². The minimum absolute atomic E-state index is 0.278. The zero-order valence-electron chi connectivity index (χ0n) is 14.0. The van der Waals surface area contributed by atoms with Gasteiger partial charge in [-0.3, -0.25) is 0 Å². The predicted molar refractivity (Wildman–Crippen MR) is 85.5 cm³/mol. The zero-order valence-corrected chi connectivity index (χ0v) is 14.0. The molecule has 1 aliphatic heterocycles. The quantitative estimate of drug-likeness (QED) is 0.758. The van der Waals surface area contributed by atoms with Crippen LogP contribution in [0.15, 0.2) is 22.9 Å². The van der Waals surface area contributed by atoms with E-state index in [2.05, 4.69) is 22.0 Å². The number of halogens is 2. The van der Waals surface area contributed by atoms with Gasteiger partial charge in [-0.25, -0.2) is 13.8 Å². The maximum atomic E-state index is 12.1. The number of hydrogen-bond acceptors (Lipinski definition) is 6. The van der Waals surface area contributed by atoms with Gasteiger partial charge in [-0.05, 0) is 37.3 Å². The fraction of sp³-hybridized carbons (Fsp3) is 0.588. The largest absolute Gasteiger partial charge is 0.486 e. The summed E-state index contributed by atoms with van der Waals surface area (Å²) in [7, 11) is 0. The Morgan fingerprint density at radius 3 is 2.96 bits per heavy atom. The lowest BCUT2D eigenvalue weighted by molar-refractivity contribution is -0.0115. The lowest BCUT2D eigenvalue weighted by Crippen LogP contribution is -2.26. The highest BCUT2D eigenvalue weighted by atomic mass is 19.3. The van der Waals surface area contributed by atoms with Crippen LogP contribution < -0.4 is 4.74 Å². The van der Waals surface area contributed by atoms with Gasteiger partial charge in [0.05, 0.1) is 12.3 Å². The molecular formula is C17H21F2N3O3. The van der Waals surface area contributed by atoms with Crippen molar-refractivity contribution in [2.24, 2.45) is 5.92 Å². The Morgan fingerprint density at radius 2 is 2.24 bits per heavy atom. The molecule has 2 atom stereocenters. The molecule has 1 fully saturated rings. The van der Waals surface area contributed by atoms with Crippen LogP contribution in [0.25, 0.3) is 11.5 Å². The molecule has 1 aliphatic rings. The van der Waals surface area contributed by atoms with Crippen molar-refractivity contribution in [3.05, 3.63) is 24.2 Å². The minimum Gasteiger partial charge on any atom is -0.486 e. The van der Waals surface area contributed by atoms with Crippen molar-refractivity contribution in [2.75, 3.05) is 13.2 Å². The van der Waals surface area contributed by atoms with Crippen LogP contribution in [0.2, 0.25) is 0 Å². The minimum atomic E-state index is -2.52. The zero-order chi connectivity index (χ0) is 17.6. The van der Waals surface area contributed by atoms with E-state index in [1.165, 1.54) is 6.20 Å². The van der Waals surface area contributed by atoms with Crippen molar-refractivity contribution in [1.29, 1.82) is 0 Å². The maximum absolute atomic E-state index is 12.1. The van der Waals surface area contributed by atoms with Crippen LogP contribution in [-0.2, 0) is 11.2 Å². The highest BCUT2D eigenvalue weighted by Gasteiger charge is 2.23. The molecule has 0 radical (unpaired) electrons. The molecule has 0 aliphatic carbocycles. The van der Waals surface area contributed by atoms with Crippen molar-refractivity contribution in [3.63, 3.8) is 0 Å². The van der Waals surface area contributed by atoms with Gasteiger partial charge in [-0.1, -0.05) is 12.1 Å². The Kier molecular flexibility index (Phi) is 5.91. The maximum Gasteiger partial charge on any atom is 0.272 e. The average molecular weight is 353 g/mol. The highest BCUT2D eigenvalue weighted by Crippen LogP contribution is 2.26. The van der Waals surface area contributed by atoms with Gasteiger partial charge in [-0.15, -0.1) is 0 Å². The van der Waals surface area contributed by atoms with Crippen molar-refractivity contribution in [1.82, 2.24) is 15.1 Å². The number of rotatable bonds is 7. The summed E-state index contributed by atoms with van der Waals surface area (Å²) in [5, 5.41) is 3.95. The van der Waals surface area contributed by atoms with E-state index >= 15 is 0 Å². The normalized spacial score (nSPS) is 20.8. The number of hydrogen-bond donors (Lipinski definition) is 0. The van der Waals surface area contributed by atoms with E-state index in [1.54, 1.807) is 12.1 Å². The summed E-state index contributed by atoms with van der Waals surface area (Å²) in [4.78, 5) is 8.52. The number of pyridine rings is 1. The molecule has 6 nitrogen and oxygen atoms in total. The monoisotopic (exact) mass is 353 g/mol. The first-order chi connectivity index (χ1) is 12.1. The van der Waals surface area contributed by atoms with Gasteiger partial charge in [0, 0.05) is 13.0 Å². The van der Waals surface area contributed by atoms with Crippen molar-refractivity contribution in [3.8, 4) is 17.3 Å². The molecule has 3 heterocycles. The number of ether oxygens (including phenoxy) is 2. The Bertz CT molecular complexity index is 663. The Hall–Kier alpha value is -2.09. The summed E-state index contributed by atoms with van der Waals surface area (Å²) in [5.41, 5.74) is 0.512. The predicted octanol–water partition coefficient (Wildman–Crippen LogP) is 3.52. The lowest BCUT2D eigenvalue weighted by atomic mass is 9.91. The molecule has 1 saturated heterocycles. The molecule has 2 unspecified atom stereocenters. The van der Waals surface area contributed by atoms with Crippen LogP contribution in [0.3, 0.4) is 0 Å². The molecule has 0 N–H and O–H groups in total. The van der Waals surface area contributed by atoms with Crippen LogP contribution in [0.4, 0.5) is 8.78 Å². The summed E-state index contributed by atoms with van der Waals surface area (Å²) in [6.45, 7) is 2.24. The molecule has 0 aromatic carbocycles. The summed E-state index contributed by atoms with van der Waals surface area (Å²) in [6.07, 6.45) is 2.89. The van der Waals surface area contributed by atoms with Crippen LogP contribution in [-0.4, -0.2) is 40.9 Å². The lowest BCUT2D eigenvalue weighted by Gasteiger charge is -2.27. The Morgan fingerprint density at radius 1 is 1.36 bits per heavy atom. The summed E-state index contributed by atoms with van der Waals surface area (Å²) in [5.74, 6) is 1.72. The van der Waals surface area contributed by atoms with Gasteiger partial charge < -0.3 is 14.0 Å². The molecule has 3 rings (SSSR count). The smallest absolute Gasteiger partial charge is 0.272 e. The van der Waals surface area contributed by atoms with E-state index < -0.39 is 13.0 Å². The SMILES string of the molecule is CCC1CC(Cc2nc(-c3ccc(OCC(F)F)cn3)no2)CCO1. The van der Waals surface area contributed by atoms with Gasteiger partial charge >= 0.3 is 0 Å². The fourth-order valence-corrected chi connectivity index (χ4v) is 2.87. The van der Waals surface area contributed by atoms with Gasteiger partial charge in [0.25, 0.3) is 6.43 Å². The summed E-state index contributed by atoms with van der Waals surface area (Å²) >= 11 is 0. The third kappa shape index (κ3) is 4.94. The molecule has 0 bridgehead atoms. The Balaban J connectivity index is 1.59. The van der Waals surface area contributed by atoms with Crippen LogP contribution in [0.1, 0.15) is 32.1 Å². The molecule has 136 valence electrons. The van der Waals surface area contributed by atoms with E-state index in [0.29, 0.717) is 29.4 Å². The third-order valence-corrected chi connectivity index (χ3v) is 4.20. The van der Waals surface area contributed by atoms with Crippen molar-refractivity contribution in [2.45, 2.75) is 45.1 Å². The van der Waals surface area contributed by atoms with E-state index in [4.69, 9.17) is 14.0 Å². The first-order valence-corrected chi connectivity index (χ1v) is 8.45. The highest BCUT2D eigenvalue weighted by molar-refractivity contribution is 5.48. The van der Waals surface area contributed by atoms with E-state index in [0.717, 1.165) is 32.3 Å². The topological polar surface area (TPSA) is 70.3 Å². The van der Waals surface area contributed by atoms with Gasteiger partial charge in [0.2, 0.25) is 11.7 Å². The molecular weight excluding hydrogens is 332 g/mol. The fourth-order valence-electron chi connectivity index (χ4n) is 2.87. The second kappa shape index (κ2) is 8.33. The molecule has 25 heavy (non-hydrogen) atoms. The number of aromatic nitrogens is 3. The second-order valence-corrected chi connectivity index (χ2v) is 6.09. The molecule has 2 aromatic rings. The van der Waals surface area contributed by atoms with Crippen LogP contribution in [0.5, 0.6) is 5.75 Å². The summed E-state index contributed by atoms with van der Waals surface area (Å²) in [6, 6.07) is 3.18. The molecule has 2 aromatic heterocycles. The van der Waals surface area contributed by atoms with Crippen molar-refractivity contribution < 1.29 is 22.8 Å². The number of nitrogens with zero attached hydrogens (tertiary/aromatic N) is 3. The molecule has 0 spiro atoms. The van der Waals surface area contributed by atoms with Gasteiger partial charge in [0.15, 0.2) is 0 Å².